The van der Waals surface area contributed by atoms with Gasteiger partial charge >= 0.3 is 0 Å². The molecule has 0 saturated carbocycles. The molecule has 0 aliphatic carbocycles. The van der Waals surface area contributed by atoms with Crippen LogP contribution in [0.25, 0.3) is 11.0 Å². The maximum Gasteiger partial charge on any atom is 0.163 e. The van der Waals surface area contributed by atoms with E-state index in [9.17, 15) is 0 Å². The van der Waals surface area contributed by atoms with Crippen LogP contribution in [-0.2, 0) is 16.5 Å². The maximum absolute atomic E-state index is 5.84. The van der Waals surface area contributed by atoms with Gasteiger partial charge in [0.2, 0.25) is 0 Å². The number of anilines is 1. The van der Waals surface area contributed by atoms with Crippen LogP contribution in [0.15, 0.2) is 12.5 Å². The van der Waals surface area contributed by atoms with E-state index in [1.54, 1.807) is 11.0 Å². The fraction of sp³-hybridized carbons (Fsp3) is 0.688. The standard InChI is InChI=1S/C16H23N5O2/c1-20-15-14(8-19-20)16(18-11-17-15)21(9-12-4-2-6-22-12)10-13-5-3-7-23-13/h8,11-13H,2-7,9-10H2,1H3/t12-,13-/m1/s1. The Kier molecular flexibility index (Phi) is 4.13. The summed E-state index contributed by atoms with van der Waals surface area (Å²) in [6.07, 6.45) is 8.54. The topological polar surface area (TPSA) is 65.3 Å². The van der Waals surface area contributed by atoms with Crippen LogP contribution in [0.4, 0.5) is 5.82 Å². The van der Waals surface area contributed by atoms with Gasteiger partial charge in [-0.2, -0.15) is 5.10 Å². The Hall–Kier alpha value is -1.73. The zero-order valence-corrected chi connectivity index (χ0v) is 13.5. The van der Waals surface area contributed by atoms with Gasteiger partial charge in [0.1, 0.15) is 12.1 Å². The van der Waals surface area contributed by atoms with E-state index < -0.39 is 0 Å². The van der Waals surface area contributed by atoms with Crippen LogP contribution in [-0.4, -0.2) is 58.3 Å². The number of nitrogens with zero attached hydrogens (tertiary/aromatic N) is 5. The number of hydrogen-bond donors (Lipinski definition) is 0. The first kappa shape index (κ1) is 14.8. The van der Waals surface area contributed by atoms with Crippen molar-refractivity contribution in [3.8, 4) is 0 Å². The first-order chi connectivity index (χ1) is 11.3. The van der Waals surface area contributed by atoms with Crippen molar-refractivity contribution in [1.82, 2.24) is 19.7 Å². The van der Waals surface area contributed by atoms with Crippen LogP contribution in [0.2, 0.25) is 0 Å². The van der Waals surface area contributed by atoms with Crippen molar-refractivity contribution in [1.29, 1.82) is 0 Å². The molecule has 0 bridgehead atoms. The molecule has 2 aliphatic heterocycles. The molecule has 0 spiro atoms. The second-order valence-electron chi connectivity index (χ2n) is 6.38. The fourth-order valence-electron chi connectivity index (χ4n) is 3.52. The highest BCUT2D eigenvalue weighted by molar-refractivity contribution is 5.86. The molecule has 2 aliphatic rings. The van der Waals surface area contributed by atoms with Crippen molar-refractivity contribution < 1.29 is 9.47 Å². The monoisotopic (exact) mass is 317 g/mol. The predicted octanol–water partition coefficient (Wildman–Crippen LogP) is 1.53. The quantitative estimate of drug-likeness (QED) is 0.833. The van der Waals surface area contributed by atoms with Gasteiger partial charge in [-0.3, -0.25) is 4.68 Å². The van der Waals surface area contributed by atoms with E-state index in [0.717, 1.165) is 68.8 Å². The minimum atomic E-state index is 0.276. The summed E-state index contributed by atoms with van der Waals surface area (Å²) in [4.78, 5) is 11.2. The Bertz CT molecular complexity index is 644. The summed E-state index contributed by atoms with van der Waals surface area (Å²) in [5.74, 6) is 0.939. The Morgan fingerprint density at radius 1 is 1.13 bits per heavy atom. The lowest BCUT2D eigenvalue weighted by Gasteiger charge is -2.29. The maximum atomic E-state index is 5.84. The van der Waals surface area contributed by atoms with Crippen molar-refractivity contribution in [2.24, 2.45) is 7.05 Å². The number of aromatic nitrogens is 4. The van der Waals surface area contributed by atoms with Crippen molar-refractivity contribution in [3.63, 3.8) is 0 Å². The molecule has 0 radical (unpaired) electrons. The van der Waals surface area contributed by atoms with E-state index in [2.05, 4.69) is 20.0 Å². The molecule has 4 heterocycles. The molecule has 2 fully saturated rings. The van der Waals surface area contributed by atoms with Gasteiger partial charge in [0.25, 0.3) is 0 Å². The van der Waals surface area contributed by atoms with Gasteiger partial charge in [0, 0.05) is 33.4 Å². The lowest BCUT2D eigenvalue weighted by atomic mass is 10.2. The van der Waals surface area contributed by atoms with Crippen LogP contribution in [0.3, 0.4) is 0 Å². The van der Waals surface area contributed by atoms with Gasteiger partial charge in [-0.05, 0) is 25.7 Å². The SMILES string of the molecule is Cn1ncc2c(N(C[C@H]3CCCO3)C[C@H]3CCCO3)ncnc21. The molecule has 2 atom stereocenters. The van der Waals surface area contributed by atoms with Crippen LogP contribution in [0.5, 0.6) is 0 Å². The van der Waals surface area contributed by atoms with E-state index >= 15 is 0 Å². The van der Waals surface area contributed by atoms with Crippen LogP contribution in [0, 0.1) is 0 Å². The summed E-state index contributed by atoms with van der Waals surface area (Å²) in [7, 11) is 1.91. The third-order valence-electron chi connectivity index (χ3n) is 4.70. The van der Waals surface area contributed by atoms with E-state index in [1.165, 1.54) is 0 Å². The van der Waals surface area contributed by atoms with Gasteiger partial charge in [-0.1, -0.05) is 0 Å². The first-order valence-corrected chi connectivity index (χ1v) is 8.42. The van der Waals surface area contributed by atoms with Crippen molar-refractivity contribution in [2.45, 2.75) is 37.9 Å². The zero-order valence-electron chi connectivity index (χ0n) is 13.5. The van der Waals surface area contributed by atoms with Gasteiger partial charge in [-0.15, -0.1) is 0 Å². The summed E-state index contributed by atoms with van der Waals surface area (Å²) in [5.41, 5.74) is 0.861. The third-order valence-corrected chi connectivity index (χ3v) is 4.70. The minimum absolute atomic E-state index is 0.276. The number of aryl methyl sites for hydroxylation is 1. The van der Waals surface area contributed by atoms with Crippen molar-refractivity contribution in [2.75, 3.05) is 31.2 Å². The smallest absolute Gasteiger partial charge is 0.163 e. The van der Waals surface area contributed by atoms with Crippen LogP contribution in [0.1, 0.15) is 25.7 Å². The largest absolute Gasteiger partial charge is 0.376 e. The Morgan fingerprint density at radius 3 is 2.43 bits per heavy atom. The highest BCUT2D eigenvalue weighted by Gasteiger charge is 2.26. The molecule has 0 amide bonds. The molecule has 4 rings (SSSR count). The highest BCUT2D eigenvalue weighted by atomic mass is 16.5. The molecule has 7 nitrogen and oxygen atoms in total. The Labute approximate surface area is 135 Å². The normalized spacial score (nSPS) is 24.6. The van der Waals surface area contributed by atoms with Crippen LogP contribution >= 0.6 is 0 Å². The summed E-state index contributed by atoms with van der Waals surface area (Å²) in [5, 5.41) is 5.32. The first-order valence-electron chi connectivity index (χ1n) is 8.42. The summed E-state index contributed by atoms with van der Waals surface area (Å²) < 4.78 is 13.5. The molecule has 124 valence electrons. The Morgan fingerprint density at radius 2 is 1.83 bits per heavy atom. The second-order valence-corrected chi connectivity index (χ2v) is 6.38. The molecule has 2 aromatic heterocycles. The third kappa shape index (κ3) is 3.03. The van der Waals surface area contributed by atoms with Crippen LogP contribution < -0.4 is 4.90 Å². The summed E-state index contributed by atoms with van der Waals surface area (Å²) in [6.45, 7) is 3.43. The molecule has 0 unspecified atom stereocenters. The minimum Gasteiger partial charge on any atom is -0.376 e. The number of rotatable bonds is 5. The number of fused-ring (bicyclic) bond motifs is 1. The average molecular weight is 317 g/mol. The molecule has 7 heteroatoms. The predicted molar refractivity (Wildman–Crippen MR) is 86.5 cm³/mol. The molecule has 0 N–H and O–H groups in total. The molecule has 2 saturated heterocycles. The average Bonchev–Trinajstić information content (AvgIpc) is 3.30. The van der Waals surface area contributed by atoms with E-state index in [4.69, 9.17) is 9.47 Å². The molecular weight excluding hydrogens is 294 g/mol. The molecule has 23 heavy (non-hydrogen) atoms. The fourth-order valence-corrected chi connectivity index (χ4v) is 3.52. The van der Waals surface area contributed by atoms with Gasteiger partial charge in [0.15, 0.2) is 5.65 Å². The number of ether oxygens (including phenoxy) is 2. The second kappa shape index (κ2) is 6.41. The van der Waals surface area contributed by atoms with Gasteiger partial charge < -0.3 is 14.4 Å². The highest BCUT2D eigenvalue weighted by Crippen LogP contribution is 2.26. The Balaban J connectivity index is 1.63. The molecular formula is C16H23N5O2. The van der Waals surface area contributed by atoms with E-state index in [1.807, 2.05) is 13.2 Å². The van der Waals surface area contributed by atoms with E-state index in [0.29, 0.717) is 0 Å². The lowest BCUT2D eigenvalue weighted by Crippen LogP contribution is -2.38. The van der Waals surface area contributed by atoms with Gasteiger partial charge in [-0.25, -0.2) is 9.97 Å². The summed E-state index contributed by atoms with van der Waals surface area (Å²) >= 11 is 0. The van der Waals surface area contributed by atoms with Crippen molar-refractivity contribution >= 4 is 16.9 Å². The van der Waals surface area contributed by atoms with E-state index in [-0.39, 0.29) is 12.2 Å². The van der Waals surface area contributed by atoms with Gasteiger partial charge in [0.05, 0.1) is 23.8 Å². The lowest BCUT2D eigenvalue weighted by molar-refractivity contribution is 0.0997. The zero-order chi connectivity index (χ0) is 15.6. The van der Waals surface area contributed by atoms with Crippen molar-refractivity contribution in [3.05, 3.63) is 12.5 Å². The summed E-state index contributed by atoms with van der Waals surface area (Å²) in [6, 6.07) is 0. The molecule has 2 aromatic rings. The number of hydrogen-bond acceptors (Lipinski definition) is 6. The molecule has 0 aromatic carbocycles.